The zero-order valence-electron chi connectivity index (χ0n) is 5.70. The van der Waals surface area contributed by atoms with Crippen LogP contribution in [-0.4, -0.2) is 12.2 Å². The molecule has 0 aliphatic carbocycles. The van der Waals surface area contributed by atoms with Crippen molar-refractivity contribution in [1.29, 1.82) is 0 Å². The molecule has 1 radical (unpaired) electrons. The first-order chi connectivity index (χ1) is 5.24. The van der Waals surface area contributed by atoms with E-state index in [9.17, 15) is 9.59 Å². The van der Waals surface area contributed by atoms with E-state index in [-0.39, 0.29) is 0 Å². The van der Waals surface area contributed by atoms with Crippen LogP contribution in [0.1, 0.15) is 15.9 Å². The fourth-order valence-electron chi connectivity index (χ4n) is 0.703. The molecule has 55 valence electrons. The maximum atomic E-state index is 10.5. The lowest BCUT2D eigenvalue weighted by Crippen LogP contribution is -2.10. The van der Waals surface area contributed by atoms with Crippen molar-refractivity contribution in [3.63, 3.8) is 0 Å². The maximum absolute atomic E-state index is 10.5. The molecule has 0 saturated heterocycles. The van der Waals surface area contributed by atoms with E-state index < -0.39 is 5.91 Å². The number of benzene rings is 1. The molecule has 0 spiro atoms. The normalized spacial score (nSPS) is 9.09. The molecule has 0 saturated carbocycles. The Labute approximate surface area is 63.8 Å². The lowest BCUT2D eigenvalue weighted by molar-refractivity contribution is 0.100. The average molecular weight is 148 g/mol. The maximum Gasteiger partial charge on any atom is 0.248 e. The topological polar surface area (TPSA) is 60.2 Å². The minimum atomic E-state index is -0.498. The number of hydrogen-bond acceptors (Lipinski definition) is 2. The van der Waals surface area contributed by atoms with Gasteiger partial charge in [-0.15, -0.1) is 0 Å². The molecule has 0 aromatic heterocycles. The Kier molecular flexibility index (Phi) is 2.01. The molecule has 0 aliphatic rings. The third-order valence-electron chi connectivity index (χ3n) is 1.29. The Hall–Kier alpha value is -1.64. The third-order valence-corrected chi connectivity index (χ3v) is 1.29. The van der Waals surface area contributed by atoms with E-state index in [1.54, 1.807) is 6.29 Å². The van der Waals surface area contributed by atoms with E-state index >= 15 is 0 Å². The van der Waals surface area contributed by atoms with Gasteiger partial charge < -0.3 is 5.73 Å². The summed E-state index contributed by atoms with van der Waals surface area (Å²) in [5.74, 6) is -0.498. The van der Waals surface area contributed by atoms with Gasteiger partial charge in [-0.2, -0.15) is 0 Å². The van der Waals surface area contributed by atoms with Gasteiger partial charge in [-0.05, 0) is 12.1 Å². The fourth-order valence-corrected chi connectivity index (χ4v) is 0.703. The molecule has 11 heavy (non-hydrogen) atoms. The second kappa shape index (κ2) is 2.96. The summed E-state index contributed by atoms with van der Waals surface area (Å²) in [7, 11) is 0. The predicted octanol–water partition coefficient (Wildman–Crippen LogP) is 0.243. The summed E-state index contributed by atoms with van der Waals surface area (Å²) >= 11 is 0. The average Bonchev–Trinajstić information content (AvgIpc) is 2.05. The quantitative estimate of drug-likeness (QED) is 0.653. The van der Waals surface area contributed by atoms with E-state index in [1.807, 2.05) is 0 Å². The smallest absolute Gasteiger partial charge is 0.248 e. The van der Waals surface area contributed by atoms with E-state index in [4.69, 9.17) is 5.73 Å². The second-order valence-electron chi connectivity index (χ2n) is 2.04. The highest BCUT2D eigenvalue weighted by Crippen LogP contribution is 2.00. The Morgan fingerprint density at radius 1 is 1.27 bits per heavy atom. The fraction of sp³-hybridized carbons (Fsp3) is 0. The standard InChI is InChI=1S/C8H6NO2/c9-8(11)7-3-1-6(5-10)2-4-7/h1-4H,(H2,9,11). The monoisotopic (exact) mass is 148 g/mol. The van der Waals surface area contributed by atoms with Gasteiger partial charge in [0.05, 0.1) is 0 Å². The minimum absolute atomic E-state index is 0.393. The zero-order chi connectivity index (χ0) is 8.27. The van der Waals surface area contributed by atoms with Gasteiger partial charge in [0, 0.05) is 11.1 Å². The molecule has 0 aliphatic heterocycles. The summed E-state index contributed by atoms with van der Waals surface area (Å²) in [5.41, 5.74) is 5.77. The summed E-state index contributed by atoms with van der Waals surface area (Å²) in [4.78, 5) is 20.6. The highest BCUT2D eigenvalue weighted by atomic mass is 16.1. The molecule has 0 unspecified atom stereocenters. The number of nitrogens with two attached hydrogens (primary N) is 1. The number of primary amides is 1. The third kappa shape index (κ3) is 1.64. The summed E-state index contributed by atoms with van der Waals surface area (Å²) in [6, 6.07) is 5.96. The van der Waals surface area contributed by atoms with E-state index in [0.717, 1.165) is 0 Å². The molecular weight excluding hydrogens is 142 g/mol. The first-order valence-electron chi connectivity index (χ1n) is 3.02. The highest BCUT2D eigenvalue weighted by molar-refractivity contribution is 5.93. The molecule has 3 nitrogen and oxygen atoms in total. The van der Waals surface area contributed by atoms with Gasteiger partial charge in [-0.1, -0.05) is 12.1 Å². The Morgan fingerprint density at radius 3 is 2.18 bits per heavy atom. The van der Waals surface area contributed by atoms with Crippen LogP contribution in [0.4, 0.5) is 0 Å². The Morgan fingerprint density at radius 2 is 1.82 bits per heavy atom. The highest BCUT2D eigenvalue weighted by Gasteiger charge is 1.98. The molecule has 3 heteroatoms. The molecule has 1 aromatic rings. The van der Waals surface area contributed by atoms with Gasteiger partial charge in [0.25, 0.3) is 0 Å². The summed E-state index contributed by atoms with van der Waals surface area (Å²) in [6.45, 7) is 0. The molecule has 0 bridgehead atoms. The number of hydrogen-bond donors (Lipinski definition) is 1. The number of amides is 1. The van der Waals surface area contributed by atoms with Crippen LogP contribution in [0, 0.1) is 0 Å². The van der Waals surface area contributed by atoms with Gasteiger partial charge in [-0.3, -0.25) is 9.59 Å². The van der Waals surface area contributed by atoms with E-state index in [2.05, 4.69) is 0 Å². The second-order valence-corrected chi connectivity index (χ2v) is 2.04. The van der Waals surface area contributed by atoms with Crippen LogP contribution in [0.25, 0.3) is 0 Å². The van der Waals surface area contributed by atoms with Crippen molar-refractivity contribution in [1.82, 2.24) is 0 Å². The number of carbonyl (C=O) groups is 1. The van der Waals surface area contributed by atoms with Crippen LogP contribution in [0.3, 0.4) is 0 Å². The van der Waals surface area contributed by atoms with Crippen molar-refractivity contribution in [2.75, 3.05) is 0 Å². The number of rotatable bonds is 2. The molecule has 0 heterocycles. The van der Waals surface area contributed by atoms with Crippen LogP contribution in [0.5, 0.6) is 0 Å². The summed E-state index contributed by atoms with van der Waals surface area (Å²) in [6.07, 6.45) is 1.69. The van der Waals surface area contributed by atoms with Gasteiger partial charge in [0.1, 0.15) is 0 Å². The SMILES string of the molecule is NC(=O)c1ccc([C]=O)cc1. The summed E-state index contributed by atoms with van der Waals surface area (Å²) < 4.78 is 0. The molecule has 1 amide bonds. The zero-order valence-corrected chi connectivity index (χ0v) is 5.70. The van der Waals surface area contributed by atoms with Crippen LogP contribution in [0.2, 0.25) is 0 Å². The van der Waals surface area contributed by atoms with Crippen LogP contribution in [0.15, 0.2) is 24.3 Å². The lowest BCUT2D eigenvalue weighted by Gasteiger charge is -1.92. The van der Waals surface area contributed by atoms with Gasteiger partial charge in [-0.25, -0.2) is 0 Å². The summed E-state index contributed by atoms with van der Waals surface area (Å²) in [5, 5.41) is 0. The van der Waals surface area contributed by atoms with Crippen LogP contribution >= 0.6 is 0 Å². The molecule has 1 rings (SSSR count). The van der Waals surface area contributed by atoms with Crippen LogP contribution < -0.4 is 5.73 Å². The molecular formula is C8H6NO2. The molecule has 0 atom stereocenters. The Balaban J connectivity index is 3.00. The minimum Gasteiger partial charge on any atom is -0.366 e. The molecule has 2 N–H and O–H groups in total. The lowest BCUT2D eigenvalue weighted by atomic mass is 10.1. The van der Waals surface area contributed by atoms with Crippen molar-refractivity contribution in [3.05, 3.63) is 35.4 Å². The van der Waals surface area contributed by atoms with E-state index in [0.29, 0.717) is 11.1 Å². The van der Waals surface area contributed by atoms with Crippen molar-refractivity contribution >= 4 is 12.2 Å². The van der Waals surface area contributed by atoms with Crippen LogP contribution in [-0.2, 0) is 4.79 Å². The number of carbonyl (C=O) groups excluding carboxylic acids is 2. The predicted molar refractivity (Wildman–Crippen MR) is 39.8 cm³/mol. The van der Waals surface area contributed by atoms with Crippen molar-refractivity contribution < 1.29 is 9.59 Å². The van der Waals surface area contributed by atoms with Crippen molar-refractivity contribution in [3.8, 4) is 0 Å². The Bertz CT molecular complexity index is 277. The first kappa shape index (κ1) is 7.47. The van der Waals surface area contributed by atoms with E-state index in [1.165, 1.54) is 24.3 Å². The first-order valence-corrected chi connectivity index (χ1v) is 3.02. The largest absolute Gasteiger partial charge is 0.366 e. The molecule has 0 fully saturated rings. The van der Waals surface area contributed by atoms with Gasteiger partial charge in [0.15, 0.2) is 0 Å². The van der Waals surface area contributed by atoms with Crippen molar-refractivity contribution in [2.45, 2.75) is 0 Å². The molecule has 1 aromatic carbocycles. The van der Waals surface area contributed by atoms with Gasteiger partial charge >= 0.3 is 0 Å². The van der Waals surface area contributed by atoms with Crippen molar-refractivity contribution in [2.24, 2.45) is 5.73 Å². The van der Waals surface area contributed by atoms with Gasteiger partial charge in [0.2, 0.25) is 12.2 Å².